The highest BCUT2D eigenvalue weighted by Gasteiger charge is 2.52. The van der Waals surface area contributed by atoms with Gasteiger partial charge in [-0.15, -0.1) is 0 Å². The lowest BCUT2D eigenvalue weighted by Crippen LogP contribution is -2.41. The molecular weight excluding hydrogens is 320 g/mol. The van der Waals surface area contributed by atoms with Crippen LogP contribution in [0.4, 0.5) is 13.2 Å². The first-order chi connectivity index (χ1) is 10.9. The van der Waals surface area contributed by atoms with Crippen LogP contribution in [-0.2, 0) is 20.5 Å². The molecule has 3 nitrogen and oxygen atoms in total. The van der Waals surface area contributed by atoms with Gasteiger partial charge < -0.3 is 14.0 Å². The van der Waals surface area contributed by atoms with Gasteiger partial charge in [0.2, 0.25) is 0 Å². The zero-order valence-electron chi connectivity index (χ0n) is 14.8. The Morgan fingerprint density at radius 3 is 2.17 bits per heavy atom. The summed E-state index contributed by atoms with van der Waals surface area (Å²) >= 11 is 0. The Bertz CT molecular complexity index is 569. The number of ether oxygens (including phenoxy) is 1. The lowest BCUT2D eigenvalue weighted by molar-refractivity contribution is -0.173. The van der Waals surface area contributed by atoms with Crippen molar-refractivity contribution in [1.29, 1.82) is 0 Å². The first kappa shape index (κ1) is 19.3. The second kappa shape index (κ2) is 6.69. The molecular formula is C17H24BF3O3. The van der Waals surface area contributed by atoms with E-state index in [0.29, 0.717) is 6.42 Å². The van der Waals surface area contributed by atoms with Crippen LogP contribution < -0.4 is 5.46 Å². The van der Waals surface area contributed by atoms with E-state index in [2.05, 4.69) is 4.74 Å². The molecule has 1 heterocycles. The summed E-state index contributed by atoms with van der Waals surface area (Å²) in [4.78, 5) is 0. The summed E-state index contributed by atoms with van der Waals surface area (Å²) in [6.07, 6.45) is -3.85. The third kappa shape index (κ3) is 4.52. The lowest BCUT2D eigenvalue weighted by atomic mass is 9.75. The smallest absolute Gasteiger partial charge is 0.399 e. The topological polar surface area (TPSA) is 27.7 Å². The highest BCUT2D eigenvalue weighted by molar-refractivity contribution is 6.62. The SMILES string of the molecule is Cc1cc(CCOCC(F)(F)F)ccc1B1OC(C)(C)C(C)(C)O1. The Hall–Kier alpha value is -1.05. The van der Waals surface area contributed by atoms with Gasteiger partial charge in [0.15, 0.2) is 0 Å². The molecule has 0 spiro atoms. The molecule has 0 unspecified atom stereocenters. The largest absolute Gasteiger partial charge is 0.495 e. The van der Waals surface area contributed by atoms with Crippen molar-refractivity contribution in [3.63, 3.8) is 0 Å². The van der Waals surface area contributed by atoms with Gasteiger partial charge in [-0.1, -0.05) is 23.8 Å². The van der Waals surface area contributed by atoms with Crippen LogP contribution in [0.5, 0.6) is 0 Å². The molecule has 134 valence electrons. The molecule has 1 aliphatic heterocycles. The maximum Gasteiger partial charge on any atom is 0.495 e. The van der Waals surface area contributed by atoms with Gasteiger partial charge >= 0.3 is 13.3 Å². The third-order valence-corrected chi connectivity index (χ3v) is 4.64. The Kier molecular flexibility index (Phi) is 5.38. The maximum atomic E-state index is 12.0. The predicted molar refractivity (Wildman–Crippen MR) is 87.5 cm³/mol. The summed E-state index contributed by atoms with van der Waals surface area (Å²) in [5, 5.41) is 0. The van der Waals surface area contributed by atoms with E-state index in [1.807, 2.05) is 52.8 Å². The minimum absolute atomic E-state index is 0.0365. The van der Waals surface area contributed by atoms with Gasteiger partial charge in [-0.3, -0.25) is 0 Å². The molecule has 24 heavy (non-hydrogen) atoms. The average Bonchev–Trinajstić information content (AvgIpc) is 2.62. The molecule has 0 saturated carbocycles. The molecule has 7 heteroatoms. The highest BCUT2D eigenvalue weighted by atomic mass is 19.4. The van der Waals surface area contributed by atoms with Crippen molar-refractivity contribution in [2.45, 2.75) is 58.4 Å². The van der Waals surface area contributed by atoms with Crippen molar-refractivity contribution in [3.8, 4) is 0 Å². The molecule has 1 fully saturated rings. The zero-order valence-corrected chi connectivity index (χ0v) is 14.8. The van der Waals surface area contributed by atoms with E-state index in [1.165, 1.54) is 0 Å². The number of benzene rings is 1. The van der Waals surface area contributed by atoms with Crippen LogP contribution in [0.1, 0.15) is 38.8 Å². The summed E-state index contributed by atoms with van der Waals surface area (Å²) in [5.74, 6) is 0. The summed E-state index contributed by atoms with van der Waals surface area (Å²) in [5.41, 5.74) is 2.04. The van der Waals surface area contributed by atoms with Gasteiger partial charge in [0.1, 0.15) is 6.61 Å². The van der Waals surface area contributed by atoms with Crippen LogP contribution in [-0.4, -0.2) is 37.7 Å². The van der Waals surface area contributed by atoms with Gasteiger partial charge in [0.05, 0.1) is 17.8 Å². The van der Waals surface area contributed by atoms with Crippen molar-refractivity contribution in [2.24, 2.45) is 0 Å². The molecule has 0 amide bonds. The predicted octanol–water partition coefficient (Wildman–Crippen LogP) is 3.42. The quantitative estimate of drug-likeness (QED) is 0.605. The first-order valence-electron chi connectivity index (χ1n) is 8.01. The average molecular weight is 344 g/mol. The van der Waals surface area contributed by atoms with Crippen LogP contribution >= 0.6 is 0 Å². The van der Waals surface area contributed by atoms with E-state index < -0.39 is 31.1 Å². The number of rotatable bonds is 5. The van der Waals surface area contributed by atoms with E-state index in [4.69, 9.17) is 9.31 Å². The monoisotopic (exact) mass is 344 g/mol. The van der Waals surface area contributed by atoms with Crippen molar-refractivity contribution in [3.05, 3.63) is 29.3 Å². The highest BCUT2D eigenvalue weighted by Crippen LogP contribution is 2.36. The Morgan fingerprint density at radius 1 is 1.08 bits per heavy atom. The van der Waals surface area contributed by atoms with E-state index in [0.717, 1.165) is 16.6 Å². The fourth-order valence-corrected chi connectivity index (χ4v) is 2.51. The van der Waals surface area contributed by atoms with Crippen molar-refractivity contribution < 1.29 is 27.2 Å². The van der Waals surface area contributed by atoms with Crippen LogP contribution in [0, 0.1) is 6.92 Å². The van der Waals surface area contributed by atoms with Gasteiger partial charge in [-0.2, -0.15) is 13.2 Å². The zero-order chi connectivity index (χ0) is 18.2. The minimum atomic E-state index is -4.28. The second-order valence-corrected chi connectivity index (χ2v) is 7.20. The van der Waals surface area contributed by atoms with Crippen molar-refractivity contribution in [2.75, 3.05) is 13.2 Å². The van der Waals surface area contributed by atoms with Crippen LogP contribution in [0.3, 0.4) is 0 Å². The summed E-state index contributed by atoms with van der Waals surface area (Å²) < 4.78 is 52.9. The maximum absolute atomic E-state index is 12.0. The van der Waals surface area contributed by atoms with Gasteiger partial charge in [0.25, 0.3) is 0 Å². The number of aryl methyl sites for hydroxylation is 1. The van der Waals surface area contributed by atoms with E-state index in [1.54, 1.807) is 0 Å². The standard InChI is InChI=1S/C17H24BF3O3/c1-12-10-13(8-9-22-11-17(19,20)21)6-7-14(12)18-23-15(2,3)16(4,5)24-18/h6-7,10H,8-9,11H2,1-5H3. The summed E-state index contributed by atoms with van der Waals surface area (Å²) in [6.45, 7) is 8.75. The molecule has 1 aromatic rings. The van der Waals surface area contributed by atoms with Crippen LogP contribution in [0.2, 0.25) is 0 Å². The number of hydrogen-bond donors (Lipinski definition) is 0. The van der Waals surface area contributed by atoms with E-state index in [-0.39, 0.29) is 6.61 Å². The second-order valence-electron chi connectivity index (χ2n) is 7.20. The van der Waals surface area contributed by atoms with Gasteiger partial charge in [0, 0.05) is 0 Å². The molecule has 0 N–H and O–H groups in total. The van der Waals surface area contributed by atoms with Crippen LogP contribution in [0.15, 0.2) is 18.2 Å². The Morgan fingerprint density at radius 2 is 1.67 bits per heavy atom. The number of halogens is 3. The molecule has 0 aliphatic carbocycles. The van der Waals surface area contributed by atoms with Gasteiger partial charge in [-0.05, 0) is 52.1 Å². The molecule has 1 saturated heterocycles. The fraction of sp³-hybridized carbons (Fsp3) is 0.647. The molecule has 2 rings (SSSR count). The summed E-state index contributed by atoms with van der Waals surface area (Å²) in [7, 11) is -0.439. The molecule has 1 aliphatic rings. The molecule has 0 radical (unpaired) electrons. The first-order valence-corrected chi connectivity index (χ1v) is 8.01. The van der Waals surface area contributed by atoms with Crippen molar-refractivity contribution in [1.82, 2.24) is 0 Å². The lowest BCUT2D eigenvalue weighted by Gasteiger charge is -2.32. The van der Waals surface area contributed by atoms with Crippen molar-refractivity contribution >= 4 is 12.6 Å². The molecule has 0 atom stereocenters. The minimum Gasteiger partial charge on any atom is -0.399 e. The Balaban J connectivity index is 1.98. The normalized spacial score (nSPS) is 19.8. The summed E-state index contributed by atoms with van der Waals surface area (Å²) in [6, 6.07) is 5.73. The van der Waals surface area contributed by atoms with E-state index >= 15 is 0 Å². The molecule has 0 aromatic heterocycles. The van der Waals surface area contributed by atoms with Gasteiger partial charge in [-0.25, -0.2) is 0 Å². The Labute approximate surface area is 141 Å². The van der Waals surface area contributed by atoms with E-state index in [9.17, 15) is 13.2 Å². The number of hydrogen-bond acceptors (Lipinski definition) is 3. The fourth-order valence-electron chi connectivity index (χ4n) is 2.51. The number of alkyl halides is 3. The molecule has 1 aromatic carbocycles. The van der Waals surface area contributed by atoms with Crippen LogP contribution in [0.25, 0.3) is 0 Å². The molecule has 0 bridgehead atoms. The third-order valence-electron chi connectivity index (χ3n) is 4.64.